The van der Waals surface area contributed by atoms with E-state index < -0.39 is 11.4 Å². The lowest BCUT2D eigenvalue weighted by atomic mass is 9.75. The highest BCUT2D eigenvalue weighted by Gasteiger charge is 2.53. The van der Waals surface area contributed by atoms with Gasteiger partial charge in [0.05, 0.1) is 19.1 Å². The number of nitrogens with zero attached hydrogens (tertiary/aromatic N) is 4. The van der Waals surface area contributed by atoms with Crippen molar-refractivity contribution in [3.63, 3.8) is 0 Å². The zero-order valence-electron chi connectivity index (χ0n) is 14.8. The molecule has 1 aromatic rings. The molecule has 0 bridgehead atoms. The number of hydrogen-bond donors (Lipinski definition) is 1. The second-order valence-corrected chi connectivity index (χ2v) is 6.85. The average molecular weight is 350 g/mol. The molecule has 0 radical (unpaired) electrons. The van der Waals surface area contributed by atoms with Crippen LogP contribution in [-0.2, 0) is 9.53 Å². The molecule has 2 aliphatic rings. The molecule has 138 valence electrons. The molecule has 8 heteroatoms. The summed E-state index contributed by atoms with van der Waals surface area (Å²) in [6.07, 6.45) is 3.01. The summed E-state index contributed by atoms with van der Waals surface area (Å²) in [5.41, 5.74) is -0.681. The van der Waals surface area contributed by atoms with Crippen molar-refractivity contribution in [1.82, 2.24) is 14.9 Å². The highest BCUT2D eigenvalue weighted by Crippen LogP contribution is 2.43. The number of fused-ring (bicyclic) bond motifs is 1. The van der Waals surface area contributed by atoms with Crippen LogP contribution in [0.3, 0.4) is 0 Å². The van der Waals surface area contributed by atoms with Crippen molar-refractivity contribution in [2.24, 2.45) is 11.3 Å². The minimum Gasteiger partial charge on any atom is -0.481 e. The summed E-state index contributed by atoms with van der Waals surface area (Å²) in [6, 6.07) is 1.81. The number of carbonyl (C=O) groups is 1. The first kappa shape index (κ1) is 17.9. The molecule has 0 spiro atoms. The third-order valence-electron chi connectivity index (χ3n) is 5.46. The summed E-state index contributed by atoms with van der Waals surface area (Å²) in [5, 5.41) is 9.98. The van der Waals surface area contributed by atoms with Gasteiger partial charge in [0, 0.05) is 51.8 Å². The van der Waals surface area contributed by atoms with E-state index in [9.17, 15) is 9.90 Å². The van der Waals surface area contributed by atoms with Gasteiger partial charge < -0.3 is 19.5 Å². The SMILES string of the molecule is COCCN1C[C@H]2CN(c3cc(OC)ncn3)CCC[C@@]2(C(=O)O)C1. The number of carboxylic acid groups (broad SMARTS) is 1. The maximum absolute atomic E-state index is 12.2. The van der Waals surface area contributed by atoms with Gasteiger partial charge in [-0.2, -0.15) is 0 Å². The highest BCUT2D eigenvalue weighted by molar-refractivity contribution is 5.76. The zero-order chi connectivity index (χ0) is 17.9. The smallest absolute Gasteiger partial charge is 0.311 e. The van der Waals surface area contributed by atoms with Crippen LogP contribution in [-0.4, -0.2) is 79.5 Å². The first-order valence-electron chi connectivity index (χ1n) is 8.65. The maximum Gasteiger partial charge on any atom is 0.311 e. The van der Waals surface area contributed by atoms with Gasteiger partial charge in [0.1, 0.15) is 12.1 Å². The topological polar surface area (TPSA) is 88.0 Å². The molecule has 3 rings (SSSR count). The van der Waals surface area contributed by atoms with Crippen LogP contribution >= 0.6 is 0 Å². The van der Waals surface area contributed by atoms with Gasteiger partial charge in [-0.1, -0.05) is 0 Å². The minimum atomic E-state index is -0.681. The highest BCUT2D eigenvalue weighted by atomic mass is 16.5. The van der Waals surface area contributed by atoms with Crippen molar-refractivity contribution in [3.05, 3.63) is 12.4 Å². The van der Waals surface area contributed by atoms with Crippen molar-refractivity contribution >= 4 is 11.8 Å². The Labute approximate surface area is 147 Å². The van der Waals surface area contributed by atoms with Gasteiger partial charge in [-0.05, 0) is 12.8 Å². The Morgan fingerprint density at radius 2 is 2.24 bits per heavy atom. The van der Waals surface area contributed by atoms with E-state index in [1.807, 2.05) is 6.07 Å². The fourth-order valence-corrected chi connectivity index (χ4v) is 4.10. The Bertz CT molecular complexity index is 614. The number of aliphatic carboxylic acids is 1. The fourth-order valence-electron chi connectivity index (χ4n) is 4.10. The van der Waals surface area contributed by atoms with Crippen molar-refractivity contribution in [3.8, 4) is 5.88 Å². The van der Waals surface area contributed by atoms with Crippen molar-refractivity contribution in [2.45, 2.75) is 12.8 Å². The number of methoxy groups -OCH3 is 2. The summed E-state index contributed by atoms with van der Waals surface area (Å²) in [5.74, 6) is 0.695. The van der Waals surface area contributed by atoms with E-state index in [4.69, 9.17) is 9.47 Å². The van der Waals surface area contributed by atoms with E-state index in [2.05, 4.69) is 19.8 Å². The molecule has 8 nitrogen and oxygen atoms in total. The summed E-state index contributed by atoms with van der Waals surface area (Å²) in [6.45, 7) is 4.23. The van der Waals surface area contributed by atoms with Crippen LogP contribution in [0.15, 0.2) is 12.4 Å². The predicted octanol–water partition coefficient (Wildman–Crippen LogP) is 0.735. The Morgan fingerprint density at radius 3 is 2.96 bits per heavy atom. The number of anilines is 1. The molecule has 2 atom stereocenters. The summed E-state index contributed by atoms with van der Waals surface area (Å²) in [7, 11) is 3.25. The van der Waals surface area contributed by atoms with Gasteiger partial charge in [0.15, 0.2) is 0 Å². The van der Waals surface area contributed by atoms with E-state index in [1.54, 1.807) is 14.2 Å². The lowest BCUT2D eigenvalue weighted by Gasteiger charge is -2.30. The van der Waals surface area contributed by atoms with Crippen LogP contribution < -0.4 is 9.64 Å². The molecular weight excluding hydrogens is 324 g/mol. The number of hydrogen-bond acceptors (Lipinski definition) is 7. The standard InChI is InChI=1S/C17H26N4O4/c1-24-7-6-20-9-13-10-21(14-8-15(25-2)19-12-18-14)5-3-4-17(13,11-20)16(22)23/h8,12-13H,3-7,9-11H2,1-2H3,(H,22,23)/t13-,17+/m0/s1. The Kier molecular flexibility index (Phi) is 5.39. The number of aromatic nitrogens is 2. The monoisotopic (exact) mass is 350 g/mol. The minimum absolute atomic E-state index is 0.0605. The van der Waals surface area contributed by atoms with Crippen LogP contribution in [0.1, 0.15) is 12.8 Å². The van der Waals surface area contributed by atoms with E-state index in [0.29, 0.717) is 32.0 Å². The van der Waals surface area contributed by atoms with Gasteiger partial charge in [-0.25, -0.2) is 9.97 Å². The molecule has 0 amide bonds. The van der Waals surface area contributed by atoms with Gasteiger partial charge in [0.25, 0.3) is 0 Å². The van der Waals surface area contributed by atoms with Crippen molar-refractivity contribution in [2.75, 3.05) is 58.5 Å². The fraction of sp³-hybridized carbons (Fsp3) is 0.706. The number of rotatable bonds is 6. The molecule has 3 heterocycles. The summed E-state index contributed by atoms with van der Waals surface area (Å²) in [4.78, 5) is 24.9. The quantitative estimate of drug-likeness (QED) is 0.803. The first-order valence-corrected chi connectivity index (χ1v) is 8.65. The van der Waals surface area contributed by atoms with E-state index >= 15 is 0 Å². The normalized spacial score (nSPS) is 27.0. The molecular formula is C17H26N4O4. The number of likely N-dealkylation sites (tertiary alicyclic amines) is 1. The molecule has 0 aromatic carbocycles. The average Bonchev–Trinajstić information content (AvgIpc) is 2.87. The third kappa shape index (κ3) is 3.55. The Balaban J connectivity index is 1.81. The largest absolute Gasteiger partial charge is 0.481 e. The second-order valence-electron chi connectivity index (χ2n) is 6.85. The van der Waals surface area contributed by atoms with Crippen LogP contribution in [0.2, 0.25) is 0 Å². The maximum atomic E-state index is 12.2. The van der Waals surface area contributed by atoms with Gasteiger partial charge >= 0.3 is 5.97 Å². The van der Waals surface area contributed by atoms with E-state index in [-0.39, 0.29) is 5.92 Å². The molecule has 0 saturated carbocycles. The molecule has 0 aliphatic carbocycles. The zero-order valence-corrected chi connectivity index (χ0v) is 14.8. The van der Waals surface area contributed by atoms with Gasteiger partial charge in [0.2, 0.25) is 5.88 Å². The first-order chi connectivity index (χ1) is 12.1. The Morgan fingerprint density at radius 1 is 1.40 bits per heavy atom. The molecule has 0 unspecified atom stereocenters. The number of ether oxygens (including phenoxy) is 2. The van der Waals surface area contributed by atoms with Crippen LogP contribution in [0.5, 0.6) is 5.88 Å². The summed E-state index contributed by atoms with van der Waals surface area (Å²) >= 11 is 0. The molecule has 25 heavy (non-hydrogen) atoms. The molecule has 2 saturated heterocycles. The van der Waals surface area contributed by atoms with Crippen LogP contribution in [0, 0.1) is 11.3 Å². The van der Waals surface area contributed by atoms with Gasteiger partial charge in [-0.3, -0.25) is 9.69 Å². The van der Waals surface area contributed by atoms with Crippen molar-refractivity contribution in [1.29, 1.82) is 0 Å². The predicted molar refractivity (Wildman–Crippen MR) is 91.9 cm³/mol. The third-order valence-corrected chi connectivity index (χ3v) is 5.46. The molecule has 1 N–H and O–H groups in total. The second kappa shape index (κ2) is 7.53. The lowest BCUT2D eigenvalue weighted by Crippen LogP contribution is -2.41. The van der Waals surface area contributed by atoms with Crippen LogP contribution in [0.25, 0.3) is 0 Å². The lowest BCUT2D eigenvalue weighted by molar-refractivity contribution is -0.150. The van der Waals surface area contributed by atoms with E-state index in [1.165, 1.54) is 6.33 Å². The van der Waals surface area contributed by atoms with E-state index in [0.717, 1.165) is 31.9 Å². The Hall–Kier alpha value is -1.93. The number of carboxylic acids is 1. The molecule has 2 fully saturated rings. The molecule has 2 aliphatic heterocycles. The molecule has 1 aromatic heterocycles. The van der Waals surface area contributed by atoms with Gasteiger partial charge in [-0.15, -0.1) is 0 Å². The van der Waals surface area contributed by atoms with Crippen LogP contribution in [0.4, 0.5) is 5.82 Å². The van der Waals surface area contributed by atoms with Crippen molar-refractivity contribution < 1.29 is 19.4 Å². The summed E-state index contributed by atoms with van der Waals surface area (Å²) < 4.78 is 10.3.